The maximum atomic E-state index is 11.1. The van der Waals surface area contributed by atoms with Gasteiger partial charge in [0.15, 0.2) is 5.82 Å². The Bertz CT molecular complexity index is 587. The van der Waals surface area contributed by atoms with E-state index in [2.05, 4.69) is 4.98 Å². The smallest absolute Gasteiger partial charge is 0.339 e. The predicted molar refractivity (Wildman–Crippen MR) is 70.4 cm³/mol. The normalized spacial score (nSPS) is 10.1. The Kier molecular flexibility index (Phi) is 3.48. The fourth-order valence-corrected chi connectivity index (χ4v) is 1.94. The lowest BCUT2D eigenvalue weighted by molar-refractivity contribution is 0.0697. The number of para-hydroxylation sites is 1. The first kappa shape index (κ1) is 12.4. The molecular formula is C13H11ClN2O2. The number of aromatic nitrogens is 1. The number of carboxylic acid groups (broad SMARTS) is 1. The van der Waals surface area contributed by atoms with E-state index in [0.717, 1.165) is 5.56 Å². The van der Waals surface area contributed by atoms with Gasteiger partial charge in [0.25, 0.3) is 0 Å². The van der Waals surface area contributed by atoms with E-state index in [1.54, 1.807) is 6.07 Å². The Labute approximate surface area is 110 Å². The summed E-state index contributed by atoms with van der Waals surface area (Å²) in [6.07, 6.45) is 1.51. The molecule has 92 valence electrons. The quantitative estimate of drug-likeness (QED) is 0.862. The second-order valence-electron chi connectivity index (χ2n) is 3.75. The molecule has 1 heterocycles. The van der Waals surface area contributed by atoms with Gasteiger partial charge in [0, 0.05) is 18.0 Å². The zero-order chi connectivity index (χ0) is 13.1. The second-order valence-corrected chi connectivity index (χ2v) is 4.09. The van der Waals surface area contributed by atoms with Crippen LogP contribution in [0, 0.1) is 6.92 Å². The molecule has 0 aliphatic carbocycles. The molecule has 5 heteroatoms. The molecule has 1 aromatic heterocycles. The number of aromatic carboxylic acids is 1. The Morgan fingerprint density at radius 1 is 1.28 bits per heavy atom. The van der Waals surface area contributed by atoms with E-state index in [1.165, 1.54) is 16.7 Å². The van der Waals surface area contributed by atoms with E-state index in [1.807, 2.05) is 31.2 Å². The summed E-state index contributed by atoms with van der Waals surface area (Å²) < 4.78 is 1.26. The van der Waals surface area contributed by atoms with Crippen molar-refractivity contribution in [1.29, 1.82) is 0 Å². The van der Waals surface area contributed by atoms with Gasteiger partial charge in [-0.25, -0.2) is 14.2 Å². The third-order valence-electron chi connectivity index (χ3n) is 2.53. The Hall–Kier alpha value is -2.07. The summed E-state index contributed by atoms with van der Waals surface area (Å²) in [5.74, 6) is -0.849. The number of carboxylic acids is 1. The van der Waals surface area contributed by atoms with E-state index in [0.29, 0.717) is 5.69 Å². The third-order valence-corrected chi connectivity index (χ3v) is 2.87. The standard InChI is InChI=1S/C13H11ClN2O2/c1-9-5-2-3-7-11(9)16(14)12-10(13(17)18)6-4-8-15-12/h2-8H,1H3,(H,17,18). The molecule has 0 unspecified atom stereocenters. The van der Waals surface area contributed by atoms with Gasteiger partial charge >= 0.3 is 5.97 Å². The Morgan fingerprint density at radius 2 is 2.00 bits per heavy atom. The second kappa shape index (κ2) is 5.06. The highest BCUT2D eigenvalue weighted by atomic mass is 35.5. The molecule has 0 fully saturated rings. The van der Waals surface area contributed by atoms with Crippen LogP contribution in [0.3, 0.4) is 0 Å². The highest BCUT2D eigenvalue weighted by Crippen LogP contribution is 2.30. The molecule has 0 saturated heterocycles. The molecular weight excluding hydrogens is 252 g/mol. The monoisotopic (exact) mass is 262 g/mol. The summed E-state index contributed by atoms with van der Waals surface area (Å²) in [7, 11) is 0. The van der Waals surface area contributed by atoms with Crippen LogP contribution in [-0.4, -0.2) is 16.1 Å². The minimum Gasteiger partial charge on any atom is -0.478 e. The van der Waals surface area contributed by atoms with Crippen molar-refractivity contribution in [2.24, 2.45) is 0 Å². The van der Waals surface area contributed by atoms with Crippen LogP contribution in [0.1, 0.15) is 15.9 Å². The van der Waals surface area contributed by atoms with Crippen molar-refractivity contribution in [2.75, 3.05) is 4.42 Å². The third kappa shape index (κ3) is 2.28. The number of hydrogen-bond acceptors (Lipinski definition) is 3. The van der Waals surface area contributed by atoms with Gasteiger partial charge in [-0.2, -0.15) is 0 Å². The summed E-state index contributed by atoms with van der Waals surface area (Å²) in [5.41, 5.74) is 1.71. The summed E-state index contributed by atoms with van der Waals surface area (Å²) in [4.78, 5) is 15.1. The first-order valence-electron chi connectivity index (χ1n) is 5.31. The number of anilines is 2. The number of aryl methyl sites for hydroxylation is 1. The van der Waals surface area contributed by atoms with Crippen molar-refractivity contribution >= 4 is 29.3 Å². The number of pyridine rings is 1. The number of nitrogens with zero attached hydrogens (tertiary/aromatic N) is 2. The van der Waals surface area contributed by atoms with E-state index in [9.17, 15) is 4.79 Å². The lowest BCUT2D eigenvalue weighted by atomic mass is 10.2. The molecule has 18 heavy (non-hydrogen) atoms. The van der Waals surface area contributed by atoms with Gasteiger partial charge < -0.3 is 5.11 Å². The molecule has 1 N–H and O–H groups in total. The van der Waals surface area contributed by atoms with Crippen LogP contribution < -0.4 is 4.42 Å². The molecule has 0 spiro atoms. The topological polar surface area (TPSA) is 53.4 Å². The molecule has 0 bridgehead atoms. The number of benzene rings is 1. The van der Waals surface area contributed by atoms with Gasteiger partial charge in [0.2, 0.25) is 0 Å². The van der Waals surface area contributed by atoms with E-state index in [-0.39, 0.29) is 11.4 Å². The maximum absolute atomic E-state index is 11.1. The van der Waals surface area contributed by atoms with Crippen molar-refractivity contribution in [3.8, 4) is 0 Å². The fourth-order valence-electron chi connectivity index (χ4n) is 1.62. The summed E-state index contributed by atoms with van der Waals surface area (Å²) >= 11 is 6.19. The summed E-state index contributed by atoms with van der Waals surface area (Å²) in [5, 5.41) is 9.11. The average molecular weight is 263 g/mol. The Balaban J connectivity index is 2.50. The van der Waals surface area contributed by atoms with Gasteiger partial charge in [-0.1, -0.05) is 18.2 Å². The SMILES string of the molecule is Cc1ccccc1N(Cl)c1ncccc1C(=O)O. The molecule has 2 rings (SSSR count). The number of hydrogen-bond donors (Lipinski definition) is 1. The molecule has 0 amide bonds. The minimum absolute atomic E-state index is 0.0655. The minimum atomic E-state index is -1.06. The average Bonchev–Trinajstić information content (AvgIpc) is 2.38. The molecule has 2 aromatic rings. The van der Waals surface area contributed by atoms with Crippen molar-refractivity contribution < 1.29 is 9.90 Å². The van der Waals surface area contributed by atoms with Crippen LogP contribution in [0.25, 0.3) is 0 Å². The van der Waals surface area contributed by atoms with E-state index < -0.39 is 5.97 Å². The number of rotatable bonds is 3. The van der Waals surface area contributed by atoms with E-state index >= 15 is 0 Å². The summed E-state index contributed by atoms with van der Waals surface area (Å²) in [6, 6.07) is 10.5. The first-order chi connectivity index (χ1) is 8.61. The summed E-state index contributed by atoms with van der Waals surface area (Å²) in [6.45, 7) is 1.90. The maximum Gasteiger partial charge on any atom is 0.339 e. The largest absolute Gasteiger partial charge is 0.478 e. The van der Waals surface area contributed by atoms with Gasteiger partial charge in [0.05, 0.1) is 5.69 Å². The molecule has 0 aliphatic rings. The van der Waals surface area contributed by atoms with Crippen LogP contribution in [0.2, 0.25) is 0 Å². The number of carbonyl (C=O) groups is 1. The van der Waals surface area contributed by atoms with Crippen molar-refractivity contribution in [1.82, 2.24) is 4.98 Å². The zero-order valence-corrected chi connectivity index (χ0v) is 10.4. The van der Waals surface area contributed by atoms with Gasteiger partial charge in [-0.3, -0.25) is 0 Å². The number of halogens is 1. The molecule has 0 radical (unpaired) electrons. The van der Waals surface area contributed by atoms with Gasteiger partial charge in [0.1, 0.15) is 5.56 Å². The molecule has 0 aliphatic heterocycles. The first-order valence-corrected chi connectivity index (χ1v) is 5.65. The predicted octanol–water partition coefficient (Wildman–Crippen LogP) is 3.38. The zero-order valence-electron chi connectivity index (χ0n) is 9.67. The van der Waals surface area contributed by atoms with Crippen molar-refractivity contribution in [2.45, 2.75) is 6.92 Å². The van der Waals surface area contributed by atoms with Crippen molar-refractivity contribution in [3.05, 3.63) is 53.7 Å². The Morgan fingerprint density at radius 3 is 2.67 bits per heavy atom. The van der Waals surface area contributed by atoms with Gasteiger partial charge in [-0.05, 0) is 30.7 Å². The van der Waals surface area contributed by atoms with Crippen molar-refractivity contribution in [3.63, 3.8) is 0 Å². The van der Waals surface area contributed by atoms with Crippen LogP contribution in [0.15, 0.2) is 42.6 Å². The fraction of sp³-hybridized carbons (Fsp3) is 0.0769. The van der Waals surface area contributed by atoms with Crippen LogP contribution in [0.5, 0.6) is 0 Å². The lowest BCUT2D eigenvalue weighted by Gasteiger charge is -2.18. The van der Waals surface area contributed by atoms with Crippen LogP contribution >= 0.6 is 11.8 Å². The molecule has 1 aromatic carbocycles. The molecule has 0 atom stereocenters. The van der Waals surface area contributed by atoms with Crippen LogP contribution in [-0.2, 0) is 0 Å². The molecule has 4 nitrogen and oxygen atoms in total. The molecule has 0 saturated carbocycles. The van der Waals surface area contributed by atoms with Crippen LogP contribution in [0.4, 0.5) is 11.5 Å². The lowest BCUT2D eigenvalue weighted by Crippen LogP contribution is -2.11. The highest BCUT2D eigenvalue weighted by molar-refractivity contribution is 6.30. The van der Waals surface area contributed by atoms with Gasteiger partial charge in [-0.15, -0.1) is 0 Å². The van der Waals surface area contributed by atoms with E-state index in [4.69, 9.17) is 16.9 Å². The highest BCUT2D eigenvalue weighted by Gasteiger charge is 2.18.